The van der Waals surface area contributed by atoms with Crippen LogP contribution in [0, 0.1) is 10.8 Å². The number of rotatable bonds is 5. The number of nitrogens with zero attached hydrogens (tertiary/aromatic N) is 1. The summed E-state index contributed by atoms with van der Waals surface area (Å²) in [5, 5.41) is 8.93. The maximum atomic E-state index is 11.8. The van der Waals surface area contributed by atoms with Crippen molar-refractivity contribution in [3.63, 3.8) is 0 Å². The first-order chi connectivity index (χ1) is 8.73. The molecule has 0 fully saturated rings. The predicted molar refractivity (Wildman–Crippen MR) is 66.3 cm³/mol. The molecule has 8 heteroatoms. The summed E-state index contributed by atoms with van der Waals surface area (Å²) in [5.74, 6) is -1.41. The van der Waals surface area contributed by atoms with E-state index < -0.39 is 29.5 Å². The highest BCUT2D eigenvalue weighted by atomic mass is 16.4. The Morgan fingerprint density at radius 1 is 1.26 bits per heavy atom. The Kier molecular flexibility index (Phi) is 4.36. The van der Waals surface area contributed by atoms with Gasteiger partial charge in [0.1, 0.15) is 11.3 Å². The van der Waals surface area contributed by atoms with Crippen molar-refractivity contribution < 1.29 is 14.7 Å². The number of carbonyl (C=O) groups is 1. The molecule has 19 heavy (non-hydrogen) atoms. The van der Waals surface area contributed by atoms with E-state index in [0.29, 0.717) is 4.76 Å². The summed E-state index contributed by atoms with van der Waals surface area (Å²) < 4.78 is 0.625. The van der Waals surface area contributed by atoms with Gasteiger partial charge in [-0.15, -0.1) is 0 Å². The van der Waals surface area contributed by atoms with Crippen molar-refractivity contribution in [2.24, 2.45) is 5.92 Å². The van der Waals surface area contributed by atoms with Gasteiger partial charge in [0.2, 0.25) is 12.6 Å². The molecule has 104 valence electrons. The number of nitrogens with one attached hydrogen (secondary N) is 2. The molecular weight excluding hydrogens is 254 g/mol. The highest BCUT2D eigenvalue weighted by molar-refractivity contribution is 5.86. The molecule has 0 amide bonds. The number of aromatic carboxylic acids is 1. The maximum Gasteiger partial charge on any atom is 0.353 e. The molecule has 0 aliphatic rings. The molecule has 1 aromatic rings. The summed E-state index contributed by atoms with van der Waals surface area (Å²) in [6.07, 6.45) is 0. The number of carboxylic acid groups (broad SMARTS) is 1. The van der Waals surface area contributed by atoms with Crippen molar-refractivity contribution in [1.82, 2.24) is 9.97 Å². The Bertz CT molecular complexity index is 613. The minimum atomic E-state index is -1.45. The number of aromatic amines is 2. The van der Waals surface area contributed by atoms with E-state index in [9.17, 15) is 19.3 Å². The molecule has 0 radical (unpaired) electrons. The van der Waals surface area contributed by atoms with Gasteiger partial charge in [0.15, 0.2) is 0 Å². The minimum Gasteiger partial charge on any atom is -0.477 e. The van der Waals surface area contributed by atoms with Gasteiger partial charge >= 0.3 is 11.7 Å². The van der Waals surface area contributed by atoms with Gasteiger partial charge in [0, 0.05) is 22.5 Å². The number of H-pyrrole nitrogens is 2. The number of aromatic nitrogens is 2. The third-order valence-electron chi connectivity index (χ3n) is 2.99. The van der Waals surface area contributed by atoms with Gasteiger partial charge in [-0.3, -0.25) is 9.78 Å². The minimum absolute atomic E-state index is 0.0487. The number of carboxylic acids is 1. The molecule has 3 N–H and O–H groups in total. The highest BCUT2D eigenvalue weighted by Crippen LogP contribution is 2.08. The lowest BCUT2D eigenvalue weighted by Crippen LogP contribution is -2.34. The number of hydrogen-bond acceptors (Lipinski definition) is 4. The Morgan fingerprint density at radius 2 is 1.84 bits per heavy atom. The Balaban J connectivity index is 3.21. The molecule has 1 atom stereocenters. The molecule has 1 rings (SSSR count). The van der Waals surface area contributed by atoms with Crippen LogP contribution in [-0.2, 0) is 6.54 Å². The van der Waals surface area contributed by atoms with E-state index in [2.05, 4.69) is 0 Å². The zero-order chi connectivity index (χ0) is 14.7. The van der Waals surface area contributed by atoms with E-state index in [1.54, 1.807) is 6.92 Å². The van der Waals surface area contributed by atoms with Gasteiger partial charge in [-0.05, 0) is 0 Å². The number of nitroso groups, excluding NO2 is 1. The van der Waals surface area contributed by atoms with Gasteiger partial charge in [0.05, 0.1) is 0 Å². The lowest BCUT2D eigenvalue weighted by atomic mass is 10.1. The van der Waals surface area contributed by atoms with Gasteiger partial charge < -0.3 is 10.1 Å². The monoisotopic (exact) mass is 270 g/mol. The van der Waals surface area contributed by atoms with Crippen LogP contribution in [0.5, 0.6) is 0 Å². The normalized spacial score (nSPS) is 12.4. The van der Waals surface area contributed by atoms with Crippen LogP contribution in [0.3, 0.4) is 0 Å². The second kappa shape index (κ2) is 5.59. The lowest BCUT2D eigenvalue weighted by molar-refractivity contribution is -0.604. The highest BCUT2D eigenvalue weighted by Gasteiger charge is 2.28. The van der Waals surface area contributed by atoms with E-state index in [1.807, 2.05) is 23.8 Å². The van der Waals surface area contributed by atoms with Crippen molar-refractivity contribution in [3.8, 4) is 0 Å². The van der Waals surface area contributed by atoms with Crippen LogP contribution in [0.4, 0.5) is 0 Å². The maximum absolute atomic E-state index is 11.8. The summed E-state index contributed by atoms with van der Waals surface area (Å²) >= 11 is 0. The summed E-state index contributed by atoms with van der Waals surface area (Å²) in [5.41, 5.74) is -2.58. The van der Waals surface area contributed by atoms with Crippen LogP contribution >= 0.6 is 0 Å². The van der Waals surface area contributed by atoms with Crippen LogP contribution < -0.4 is 11.2 Å². The van der Waals surface area contributed by atoms with Gasteiger partial charge in [0.25, 0.3) is 5.56 Å². The molecule has 0 aliphatic carbocycles. The van der Waals surface area contributed by atoms with E-state index >= 15 is 0 Å². The molecule has 8 nitrogen and oxygen atoms in total. The molecule has 1 aromatic heterocycles. The largest absolute Gasteiger partial charge is 0.477 e. The second-order valence-electron chi connectivity index (χ2n) is 4.63. The summed E-state index contributed by atoms with van der Waals surface area (Å²) in [6, 6.07) is -0.382. The first kappa shape index (κ1) is 14.8. The molecule has 0 aromatic carbocycles. The average molecular weight is 270 g/mol. The van der Waals surface area contributed by atoms with E-state index in [-0.39, 0.29) is 17.5 Å². The molecular formula is C11H16N3O5+. The first-order valence-corrected chi connectivity index (χ1v) is 5.76. The molecule has 0 aliphatic heterocycles. The summed E-state index contributed by atoms with van der Waals surface area (Å²) in [4.78, 5) is 49.4. The molecule has 1 unspecified atom stereocenters. The molecule has 0 bridgehead atoms. The van der Waals surface area contributed by atoms with Crippen LogP contribution in [0.15, 0.2) is 9.59 Å². The average Bonchev–Trinajstić information content (AvgIpc) is 2.30. The third kappa shape index (κ3) is 3.36. The molecule has 0 spiro atoms. The Hall–Kier alpha value is -2.25. The van der Waals surface area contributed by atoms with Crippen LogP contribution in [0.2, 0.25) is 0 Å². The van der Waals surface area contributed by atoms with E-state index in [1.165, 1.54) is 0 Å². The Labute approximate surface area is 108 Å². The fraction of sp³-hybridized carbons (Fsp3) is 0.545. The zero-order valence-electron chi connectivity index (χ0n) is 10.9. The smallest absolute Gasteiger partial charge is 0.353 e. The van der Waals surface area contributed by atoms with Gasteiger partial charge in [-0.2, -0.15) is 0 Å². The molecule has 0 saturated heterocycles. The van der Waals surface area contributed by atoms with Crippen LogP contribution in [0.1, 0.15) is 36.8 Å². The number of hydrogen-bond donors (Lipinski definition) is 3. The van der Waals surface area contributed by atoms with Crippen molar-refractivity contribution in [3.05, 3.63) is 37.0 Å². The fourth-order valence-corrected chi connectivity index (χ4v) is 1.48. The summed E-state index contributed by atoms with van der Waals surface area (Å²) in [6.45, 7) is 4.96. The SMILES string of the molecule is CC(C)C(C)[N+](=O)Cc1c(C(=O)O)[nH]c(=O)[nH]c1=O. The van der Waals surface area contributed by atoms with E-state index in [0.717, 1.165) is 0 Å². The van der Waals surface area contributed by atoms with Crippen molar-refractivity contribution in [1.29, 1.82) is 0 Å². The van der Waals surface area contributed by atoms with Gasteiger partial charge in [-0.1, -0.05) is 13.8 Å². The second-order valence-corrected chi connectivity index (χ2v) is 4.63. The quantitative estimate of drug-likeness (QED) is 0.654. The lowest BCUT2D eigenvalue weighted by Gasteiger charge is -2.08. The molecule has 0 saturated carbocycles. The molecule has 1 heterocycles. The van der Waals surface area contributed by atoms with E-state index in [4.69, 9.17) is 5.11 Å². The van der Waals surface area contributed by atoms with Gasteiger partial charge in [-0.25, -0.2) is 9.59 Å². The first-order valence-electron chi connectivity index (χ1n) is 5.76. The van der Waals surface area contributed by atoms with Crippen LogP contribution in [-0.4, -0.2) is 31.8 Å². The van der Waals surface area contributed by atoms with Crippen molar-refractivity contribution >= 4 is 5.97 Å². The van der Waals surface area contributed by atoms with Crippen molar-refractivity contribution in [2.45, 2.75) is 33.4 Å². The Morgan fingerprint density at radius 3 is 2.32 bits per heavy atom. The standard InChI is InChI=1S/C11H15N3O5/c1-5(2)6(3)14(19)4-7-8(10(16)17)12-11(18)13-9(7)15/h5-6H,4H2,1-3H3,(H2-,12,13,15,16,17,18)/p+1. The van der Waals surface area contributed by atoms with Crippen molar-refractivity contribution in [2.75, 3.05) is 0 Å². The third-order valence-corrected chi connectivity index (χ3v) is 2.99. The van der Waals surface area contributed by atoms with Crippen LogP contribution in [0.25, 0.3) is 0 Å². The topological polar surface area (TPSA) is 123 Å². The predicted octanol–water partition coefficient (Wildman–Crippen LogP) is 0.0848. The fourth-order valence-electron chi connectivity index (χ4n) is 1.48. The summed E-state index contributed by atoms with van der Waals surface area (Å²) in [7, 11) is 0. The zero-order valence-corrected chi connectivity index (χ0v) is 10.9.